The van der Waals surface area contributed by atoms with Crippen molar-refractivity contribution < 1.29 is 19.1 Å². The molecule has 1 aromatic heterocycles. The van der Waals surface area contributed by atoms with Crippen LogP contribution in [0.1, 0.15) is 40.4 Å². The highest BCUT2D eigenvalue weighted by Gasteiger charge is 2.21. The van der Waals surface area contributed by atoms with Crippen molar-refractivity contribution in [3.63, 3.8) is 0 Å². The Morgan fingerprint density at radius 3 is 2.19 bits per heavy atom. The Hall–Kier alpha value is -2.96. The molecule has 0 aliphatic heterocycles. The van der Waals surface area contributed by atoms with Crippen LogP contribution in [0.5, 0.6) is 11.5 Å². The average molecular weight is 371 g/mol. The zero-order valence-electron chi connectivity index (χ0n) is 16.6. The molecule has 0 fully saturated rings. The quantitative estimate of drug-likeness (QED) is 0.566. The molecule has 0 N–H and O–H groups in total. The summed E-state index contributed by atoms with van der Waals surface area (Å²) >= 11 is 0. The molecule has 0 saturated heterocycles. The molecule has 0 aliphatic carbocycles. The predicted molar refractivity (Wildman–Crippen MR) is 102 cm³/mol. The standard InChI is InChI=1S/C20H25N3O4/c1-11(2)19(24)26-15-8-9-16(17(10-15)27-20(25)12(3)4)18-22-21-14(7)23(18)13(5)6/h8-12H,5H2,1-4,6-7H3. The summed E-state index contributed by atoms with van der Waals surface area (Å²) in [6, 6.07) is 4.84. The minimum atomic E-state index is -0.401. The SMILES string of the molecule is C=C(C)n1c(C)nnc1-c1ccc(OC(=O)C(C)C)cc1OC(=O)C(C)C. The second-order valence-electron chi connectivity index (χ2n) is 6.95. The van der Waals surface area contributed by atoms with Crippen LogP contribution in [0.25, 0.3) is 17.1 Å². The van der Waals surface area contributed by atoms with E-state index in [-0.39, 0.29) is 23.6 Å². The Morgan fingerprint density at radius 2 is 1.63 bits per heavy atom. The van der Waals surface area contributed by atoms with Gasteiger partial charge in [0.25, 0.3) is 0 Å². The number of carbonyl (C=O) groups excluding carboxylic acids is 2. The van der Waals surface area contributed by atoms with Crippen LogP contribution >= 0.6 is 0 Å². The topological polar surface area (TPSA) is 83.3 Å². The summed E-state index contributed by atoms with van der Waals surface area (Å²) in [5, 5.41) is 8.28. The molecule has 0 bridgehead atoms. The highest BCUT2D eigenvalue weighted by atomic mass is 16.5. The van der Waals surface area contributed by atoms with Crippen LogP contribution in [0, 0.1) is 18.8 Å². The van der Waals surface area contributed by atoms with E-state index in [2.05, 4.69) is 16.8 Å². The molecule has 0 atom stereocenters. The maximum Gasteiger partial charge on any atom is 0.313 e. The lowest BCUT2D eigenvalue weighted by atomic mass is 10.1. The molecule has 7 nitrogen and oxygen atoms in total. The van der Waals surface area contributed by atoms with Gasteiger partial charge in [0, 0.05) is 11.8 Å². The summed E-state index contributed by atoms with van der Waals surface area (Å²) in [6.45, 7) is 14.6. The third kappa shape index (κ3) is 4.61. The first-order chi connectivity index (χ1) is 12.6. The molecule has 2 rings (SSSR count). The summed E-state index contributed by atoms with van der Waals surface area (Å²) in [5.41, 5.74) is 1.28. The monoisotopic (exact) mass is 371 g/mol. The molecule has 144 valence electrons. The number of nitrogens with zero attached hydrogens (tertiary/aromatic N) is 3. The number of benzene rings is 1. The molecule has 0 spiro atoms. The Kier molecular flexibility index (Phi) is 6.15. The predicted octanol–water partition coefficient (Wildman–Crippen LogP) is 3.87. The number of ether oxygens (including phenoxy) is 2. The molecule has 0 radical (unpaired) electrons. The maximum atomic E-state index is 12.2. The van der Waals surface area contributed by atoms with E-state index in [1.165, 1.54) is 6.07 Å². The van der Waals surface area contributed by atoms with Gasteiger partial charge in [-0.15, -0.1) is 10.2 Å². The molecule has 2 aromatic rings. The van der Waals surface area contributed by atoms with Crippen LogP contribution in [-0.2, 0) is 9.59 Å². The molecular weight excluding hydrogens is 346 g/mol. The first kappa shape index (κ1) is 20.4. The summed E-state index contributed by atoms with van der Waals surface area (Å²) < 4.78 is 12.7. The van der Waals surface area contributed by atoms with Gasteiger partial charge in [0.1, 0.15) is 17.3 Å². The zero-order chi connectivity index (χ0) is 20.3. The summed E-state index contributed by atoms with van der Waals surface area (Å²) in [6.07, 6.45) is 0. The van der Waals surface area contributed by atoms with Gasteiger partial charge in [-0.25, -0.2) is 0 Å². The van der Waals surface area contributed by atoms with Gasteiger partial charge in [0.2, 0.25) is 0 Å². The van der Waals surface area contributed by atoms with Crippen LogP contribution in [0.15, 0.2) is 24.8 Å². The number of rotatable bonds is 6. The number of allylic oxidation sites excluding steroid dienone is 1. The first-order valence-corrected chi connectivity index (χ1v) is 8.77. The molecule has 0 amide bonds. The van der Waals surface area contributed by atoms with Gasteiger partial charge in [-0.1, -0.05) is 34.3 Å². The van der Waals surface area contributed by atoms with E-state index < -0.39 is 5.97 Å². The lowest BCUT2D eigenvalue weighted by molar-refractivity contribution is -0.138. The summed E-state index contributed by atoms with van der Waals surface area (Å²) in [5.74, 6) is 0.328. The molecule has 7 heteroatoms. The van der Waals surface area contributed by atoms with Gasteiger partial charge in [-0.05, 0) is 26.0 Å². The van der Waals surface area contributed by atoms with E-state index in [9.17, 15) is 9.59 Å². The lowest BCUT2D eigenvalue weighted by Crippen LogP contribution is -2.17. The molecule has 0 saturated carbocycles. The Morgan fingerprint density at radius 1 is 1.04 bits per heavy atom. The number of hydrogen-bond donors (Lipinski definition) is 0. The largest absolute Gasteiger partial charge is 0.426 e. The van der Waals surface area contributed by atoms with Crippen LogP contribution in [0.2, 0.25) is 0 Å². The fourth-order valence-corrected chi connectivity index (χ4v) is 2.29. The van der Waals surface area contributed by atoms with Gasteiger partial charge >= 0.3 is 11.9 Å². The van der Waals surface area contributed by atoms with Crippen molar-refractivity contribution in [3.05, 3.63) is 30.6 Å². The maximum absolute atomic E-state index is 12.2. The molecule has 1 aromatic carbocycles. The van der Waals surface area contributed by atoms with Crippen molar-refractivity contribution in [2.45, 2.75) is 41.5 Å². The average Bonchev–Trinajstić information content (AvgIpc) is 2.96. The molecule has 27 heavy (non-hydrogen) atoms. The van der Waals surface area contributed by atoms with Crippen molar-refractivity contribution in [3.8, 4) is 22.9 Å². The molecule has 1 heterocycles. The van der Waals surface area contributed by atoms with Crippen LogP contribution in [0.3, 0.4) is 0 Å². The van der Waals surface area contributed by atoms with Gasteiger partial charge in [0.05, 0.1) is 17.4 Å². The highest BCUT2D eigenvalue weighted by Crippen LogP contribution is 2.34. The van der Waals surface area contributed by atoms with Gasteiger partial charge in [0.15, 0.2) is 5.82 Å². The molecule has 0 unspecified atom stereocenters. The fraction of sp³-hybridized carbons (Fsp3) is 0.400. The number of carbonyl (C=O) groups is 2. The van der Waals surface area contributed by atoms with E-state index >= 15 is 0 Å². The minimum Gasteiger partial charge on any atom is -0.426 e. The fourth-order valence-electron chi connectivity index (χ4n) is 2.29. The second-order valence-corrected chi connectivity index (χ2v) is 6.95. The van der Waals surface area contributed by atoms with Gasteiger partial charge in [-0.2, -0.15) is 0 Å². The smallest absolute Gasteiger partial charge is 0.313 e. The Labute approximate surface area is 159 Å². The Bertz CT molecular complexity index is 881. The van der Waals surface area contributed by atoms with E-state index in [0.717, 1.165) is 5.70 Å². The highest BCUT2D eigenvalue weighted by molar-refractivity contribution is 5.80. The van der Waals surface area contributed by atoms with Gasteiger partial charge < -0.3 is 9.47 Å². The van der Waals surface area contributed by atoms with E-state index in [1.54, 1.807) is 44.4 Å². The second kappa shape index (κ2) is 8.16. The number of esters is 2. The van der Waals surface area contributed by atoms with Crippen LogP contribution in [-0.4, -0.2) is 26.7 Å². The van der Waals surface area contributed by atoms with Gasteiger partial charge in [-0.3, -0.25) is 14.2 Å². The van der Waals surface area contributed by atoms with Crippen LogP contribution in [0.4, 0.5) is 0 Å². The van der Waals surface area contributed by atoms with Crippen molar-refractivity contribution in [2.75, 3.05) is 0 Å². The third-order valence-corrected chi connectivity index (χ3v) is 3.77. The summed E-state index contributed by atoms with van der Waals surface area (Å²) in [4.78, 5) is 24.1. The summed E-state index contributed by atoms with van der Waals surface area (Å²) in [7, 11) is 0. The van der Waals surface area contributed by atoms with Crippen molar-refractivity contribution in [1.29, 1.82) is 0 Å². The number of aryl methyl sites for hydroxylation is 1. The number of aromatic nitrogens is 3. The molecular formula is C20H25N3O4. The zero-order valence-corrected chi connectivity index (χ0v) is 16.6. The molecule has 0 aliphatic rings. The van der Waals surface area contributed by atoms with E-state index in [0.29, 0.717) is 23.0 Å². The Balaban J connectivity index is 2.55. The van der Waals surface area contributed by atoms with E-state index in [4.69, 9.17) is 9.47 Å². The third-order valence-electron chi connectivity index (χ3n) is 3.77. The number of hydrogen-bond acceptors (Lipinski definition) is 6. The first-order valence-electron chi connectivity index (χ1n) is 8.77. The van der Waals surface area contributed by atoms with E-state index in [1.807, 2.05) is 13.8 Å². The minimum absolute atomic E-state index is 0.248. The van der Waals surface area contributed by atoms with Crippen molar-refractivity contribution >= 4 is 17.6 Å². The van der Waals surface area contributed by atoms with Crippen LogP contribution < -0.4 is 9.47 Å². The normalized spacial score (nSPS) is 11.0. The van der Waals surface area contributed by atoms with Crippen molar-refractivity contribution in [2.24, 2.45) is 11.8 Å². The lowest BCUT2D eigenvalue weighted by Gasteiger charge is -2.15. The van der Waals surface area contributed by atoms with Crippen molar-refractivity contribution in [1.82, 2.24) is 14.8 Å².